The molecule has 1 aliphatic carbocycles. The standard InChI is InChI=1S/C17H18N4/c18-12-6-7-13(11-12)21-10-9-20-17(21)15-3-1-5-16-14(15)4-2-8-19-16/h1-5,8-10,12-13H,6-7,11,18H2/t12-,13+/m0/s1. The van der Waals surface area contributed by atoms with E-state index in [2.05, 4.69) is 32.9 Å². The summed E-state index contributed by atoms with van der Waals surface area (Å²) in [5.41, 5.74) is 8.22. The van der Waals surface area contributed by atoms with Crippen molar-refractivity contribution in [1.29, 1.82) is 0 Å². The monoisotopic (exact) mass is 278 g/mol. The minimum absolute atomic E-state index is 0.319. The highest BCUT2D eigenvalue weighted by Crippen LogP contribution is 2.34. The third-order valence-corrected chi connectivity index (χ3v) is 4.39. The smallest absolute Gasteiger partial charge is 0.140 e. The summed E-state index contributed by atoms with van der Waals surface area (Å²) in [7, 11) is 0. The molecule has 106 valence electrons. The van der Waals surface area contributed by atoms with E-state index >= 15 is 0 Å². The highest BCUT2D eigenvalue weighted by molar-refractivity contribution is 5.92. The van der Waals surface area contributed by atoms with Crippen molar-refractivity contribution >= 4 is 10.9 Å². The number of nitrogens with two attached hydrogens (primary N) is 1. The second-order valence-electron chi connectivity index (χ2n) is 5.76. The molecule has 2 atom stereocenters. The van der Waals surface area contributed by atoms with E-state index in [9.17, 15) is 0 Å². The molecule has 1 aromatic carbocycles. The summed E-state index contributed by atoms with van der Waals surface area (Å²) in [5, 5.41) is 1.15. The van der Waals surface area contributed by atoms with E-state index in [1.54, 1.807) is 0 Å². The van der Waals surface area contributed by atoms with Gasteiger partial charge in [-0.1, -0.05) is 18.2 Å². The van der Waals surface area contributed by atoms with E-state index in [0.29, 0.717) is 12.1 Å². The Morgan fingerprint density at radius 3 is 2.86 bits per heavy atom. The molecule has 0 unspecified atom stereocenters. The lowest BCUT2D eigenvalue weighted by Gasteiger charge is -2.16. The molecule has 21 heavy (non-hydrogen) atoms. The van der Waals surface area contributed by atoms with Crippen LogP contribution in [0.25, 0.3) is 22.3 Å². The molecule has 4 rings (SSSR count). The molecule has 1 aliphatic rings. The van der Waals surface area contributed by atoms with E-state index in [1.807, 2.05) is 30.6 Å². The van der Waals surface area contributed by atoms with Gasteiger partial charge in [-0.3, -0.25) is 4.98 Å². The fourth-order valence-corrected chi connectivity index (χ4v) is 3.36. The summed E-state index contributed by atoms with van der Waals surface area (Å²) in [6.45, 7) is 0. The fraction of sp³-hybridized carbons (Fsp3) is 0.294. The molecule has 1 fully saturated rings. The predicted molar refractivity (Wildman–Crippen MR) is 83.8 cm³/mol. The second-order valence-corrected chi connectivity index (χ2v) is 5.76. The molecule has 0 radical (unpaired) electrons. The summed E-state index contributed by atoms with van der Waals surface area (Å²) in [6.07, 6.45) is 9.05. The highest BCUT2D eigenvalue weighted by atomic mass is 15.1. The average Bonchev–Trinajstić information content (AvgIpc) is 3.15. The first-order valence-electron chi connectivity index (χ1n) is 7.45. The molecule has 1 saturated carbocycles. The minimum atomic E-state index is 0.319. The number of imidazole rings is 1. The second kappa shape index (κ2) is 4.97. The lowest BCUT2D eigenvalue weighted by atomic mass is 10.1. The molecular formula is C17H18N4. The third kappa shape index (κ3) is 2.12. The van der Waals surface area contributed by atoms with Crippen molar-refractivity contribution in [3.63, 3.8) is 0 Å². The maximum absolute atomic E-state index is 6.07. The SMILES string of the molecule is N[C@H]1CC[C@@H](n2ccnc2-c2cccc3ncccc23)C1. The molecule has 2 N–H and O–H groups in total. The van der Waals surface area contributed by atoms with E-state index in [0.717, 1.165) is 41.6 Å². The average molecular weight is 278 g/mol. The van der Waals surface area contributed by atoms with Crippen LogP contribution in [0.15, 0.2) is 48.9 Å². The normalized spacial score (nSPS) is 22.0. The highest BCUT2D eigenvalue weighted by Gasteiger charge is 2.25. The molecule has 0 aliphatic heterocycles. The van der Waals surface area contributed by atoms with E-state index in [1.165, 1.54) is 0 Å². The molecule has 2 aromatic heterocycles. The molecule has 0 saturated heterocycles. The molecule has 0 amide bonds. The number of rotatable bonds is 2. The Morgan fingerprint density at radius 1 is 1.05 bits per heavy atom. The van der Waals surface area contributed by atoms with Gasteiger partial charge in [0.05, 0.1) is 5.52 Å². The molecule has 0 spiro atoms. The van der Waals surface area contributed by atoms with Crippen molar-refractivity contribution < 1.29 is 0 Å². The molecule has 3 aromatic rings. The lowest BCUT2D eigenvalue weighted by molar-refractivity contribution is 0.515. The third-order valence-electron chi connectivity index (χ3n) is 4.39. The Morgan fingerprint density at radius 2 is 2.00 bits per heavy atom. The number of pyridine rings is 1. The zero-order valence-electron chi connectivity index (χ0n) is 11.8. The summed E-state index contributed by atoms with van der Waals surface area (Å²) < 4.78 is 2.29. The van der Waals surface area contributed by atoms with E-state index in [4.69, 9.17) is 5.73 Å². The van der Waals surface area contributed by atoms with Crippen LogP contribution in [0, 0.1) is 0 Å². The topological polar surface area (TPSA) is 56.7 Å². The molecule has 0 bridgehead atoms. The van der Waals surface area contributed by atoms with Crippen LogP contribution < -0.4 is 5.73 Å². The summed E-state index contributed by atoms with van der Waals surface area (Å²) in [5.74, 6) is 1.02. The van der Waals surface area contributed by atoms with Crippen molar-refractivity contribution in [3.8, 4) is 11.4 Å². The molecule has 4 heteroatoms. The van der Waals surface area contributed by atoms with Gasteiger partial charge in [0.15, 0.2) is 0 Å². The Bertz CT molecular complexity index is 772. The molecule has 2 heterocycles. The zero-order valence-corrected chi connectivity index (χ0v) is 11.8. The first-order valence-corrected chi connectivity index (χ1v) is 7.45. The lowest BCUT2D eigenvalue weighted by Crippen LogP contribution is -2.16. The number of hydrogen-bond acceptors (Lipinski definition) is 3. The van der Waals surface area contributed by atoms with Crippen LogP contribution in [0.5, 0.6) is 0 Å². The number of nitrogens with zero attached hydrogens (tertiary/aromatic N) is 3. The Kier molecular flexibility index (Phi) is 2.97. The first kappa shape index (κ1) is 12.5. The van der Waals surface area contributed by atoms with Crippen molar-refractivity contribution in [2.75, 3.05) is 0 Å². The summed E-state index contributed by atoms with van der Waals surface area (Å²) in [6, 6.07) is 11.1. The number of hydrogen-bond donors (Lipinski definition) is 1. The van der Waals surface area contributed by atoms with Gasteiger partial charge in [0.25, 0.3) is 0 Å². The fourth-order valence-electron chi connectivity index (χ4n) is 3.36. The van der Waals surface area contributed by atoms with Gasteiger partial charge >= 0.3 is 0 Å². The van der Waals surface area contributed by atoms with Crippen LogP contribution in [0.3, 0.4) is 0 Å². The van der Waals surface area contributed by atoms with Crippen LogP contribution in [0.4, 0.5) is 0 Å². The van der Waals surface area contributed by atoms with Crippen LogP contribution in [-0.2, 0) is 0 Å². The maximum Gasteiger partial charge on any atom is 0.140 e. The van der Waals surface area contributed by atoms with Crippen LogP contribution in [0.2, 0.25) is 0 Å². The van der Waals surface area contributed by atoms with E-state index < -0.39 is 0 Å². The minimum Gasteiger partial charge on any atom is -0.328 e. The van der Waals surface area contributed by atoms with Gasteiger partial charge in [-0.05, 0) is 31.4 Å². The molecule has 4 nitrogen and oxygen atoms in total. The number of aromatic nitrogens is 3. The van der Waals surface area contributed by atoms with Crippen LogP contribution in [-0.4, -0.2) is 20.6 Å². The largest absolute Gasteiger partial charge is 0.328 e. The number of fused-ring (bicyclic) bond motifs is 1. The Labute approximate surface area is 123 Å². The van der Waals surface area contributed by atoms with Crippen molar-refractivity contribution in [3.05, 3.63) is 48.9 Å². The van der Waals surface area contributed by atoms with E-state index in [-0.39, 0.29) is 0 Å². The van der Waals surface area contributed by atoms with Gasteiger partial charge in [-0.2, -0.15) is 0 Å². The van der Waals surface area contributed by atoms with Crippen molar-refractivity contribution in [2.45, 2.75) is 31.3 Å². The number of benzene rings is 1. The van der Waals surface area contributed by atoms with Gasteiger partial charge in [-0.25, -0.2) is 4.98 Å². The Balaban J connectivity index is 1.85. The van der Waals surface area contributed by atoms with Crippen LogP contribution >= 0.6 is 0 Å². The zero-order chi connectivity index (χ0) is 14.2. The summed E-state index contributed by atoms with van der Waals surface area (Å²) in [4.78, 5) is 9.03. The van der Waals surface area contributed by atoms with Crippen molar-refractivity contribution in [1.82, 2.24) is 14.5 Å². The first-order chi connectivity index (χ1) is 10.3. The maximum atomic E-state index is 6.07. The van der Waals surface area contributed by atoms with Crippen LogP contribution in [0.1, 0.15) is 25.3 Å². The van der Waals surface area contributed by atoms with Gasteiger partial charge in [-0.15, -0.1) is 0 Å². The van der Waals surface area contributed by atoms with Gasteiger partial charge < -0.3 is 10.3 Å². The van der Waals surface area contributed by atoms with Gasteiger partial charge in [0.2, 0.25) is 0 Å². The van der Waals surface area contributed by atoms with Crippen molar-refractivity contribution in [2.24, 2.45) is 5.73 Å². The summed E-state index contributed by atoms with van der Waals surface area (Å²) >= 11 is 0. The Hall–Kier alpha value is -2.20. The quantitative estimate of drug-likeness (QED) is 0.783. The van der Waals surface area contributed by atoms with Gasteiger partial charge in [0.1, 0.15) is 5.82 Å². The molecular weight excluding hydrogens is 260 g/mol. The van der Waals surface area contributed by atoms with Gasteiger partial charge in [0, 0.05) is 41.6 Å². The predicted octanol–water partition coefficient (Wildman–Crippen LogP) is 3.15.